The van der Waals surface area contributed by atoms with Crippen molar-refractivity contribution in [2.45, 2.75) is 31.9 Å². The van der Waals surface area contributed by atoms with Gasteiger partial charge in [-0.3, -0.25) is 4.79 Å². The first kappa shape index (κ1) is 15.3. The van der Waals surface area contributed by atoms with E-state index in [1.54, 1.807) is 0 Å². The lowest BCUT2D eigenvalue weighted by molar-refractivity contribution is -0.183. The number of carbonyl (C=O) groups is 1. The zero-order chi connectivity index (χ0) is 14.9. The molecular formula is C14H13ClF4O. The molecule has 1 aromatic rings. The van der Waals surface area contributed by atoms with Crippen molar-refractivity contribution in [3.8, 4) is 0 Å². The van der Waals surface area contributed by atoms with Gasteiger partial charge < -0.3 is 0 Å². The van der Waals surface area contributed by atoms with Crippen molar-refractivity contribution in [3.05, 3.63) is 34.6 Å². The summed E-state index contributed by atoms with van der Waals surface area (Å²) in [6, 6.07) is 3.64. The summed E-state index contributed by atoms with van der Waals surface area (Å²) in [6.07, 6.45) is -3.84. The topological polar surface area (TPSA) is 17.1 Å². The molecule has 1 aliphatic rings. The van der Waals surface area contributed by atoms with E-state index in [1.807, 2.05) is 0 Å². The first-order valence-corrected chi connectivity index (χ1v) is 6.73. The molecule has 0 atom stereocenters. The number of ketones is 1. The van der Waals surface area contributed by atoms with Crippen molar-refractivity contribution < 1.29 is 22.4 Å². The van der Waals surface area contributed by atoms with Crippen LogP contribution in [0.25, 0.3) is 0 Å². The van der Waals surface area contributed by atoms with Crippen molar-refractivity contribution in [1.82, 2.24) is 0 Å². The Morgan fingerprint density at radius 3 is 2.25 bits per heavy atom. The van der Waals surface area contributed by atoms with Gasteiger partial charge in [-0.25, -0.2) is 4.39 Å². The molecule has 0 aromatic heterocycles. The second-order valence-electron chi connectivity index (χ2n) is 5.08. The highest BCUT2D eigenvalue weighted by Gasteiger charge is 2.42. The summed E-state index contributed by atoms with van der Waals surface area (Å²) < 4.78 is 50.7. The van der Waals surface area contributed by atoms with E-state index < -0.39 is 23.8 Å². The molecule has 1 aromatic carbocycles. The highest BCUT2D eigenvalue weighted by molar-refractivity contribution is 6.31. The van der Waals surface area contributed by atoms with Crippen LogP contribution in [0.15, 0.2) is 18.2 Å². The van der Waals surface area contributed by atoms with E-state index in [1.165, 1.54) is 12.1 Å². The molecular weight excluding hydrogens is 296 g/mol. The fourth-order valence-electron chi connectivity index (χ4n) is 2.57. The third-order valence-electron chi connectivity index (χ3n) is 3.76. The molecule has 0 amide bonds. The van der Waals surface area contributed by atoms with Crippen molar-refractivity contribution in [2.75, 3.05) is 0 Å². The van der Waals surface area contributed by atoms with Crippen molar-refractivity contribution >= 4 is 17.4 Å². The maximum atomic E-state index is 13.0. The monoisotopic (exact) mass is 308 g/mol. The normalized spacial score (nSPS) is 23.6. The minimum atomic E-state index is -4.19. The quantitative estimate of drug-likeness (QED) is 0.553. The second kappa shape index (κ2) is 5.72. The predicted octanol–water partition coefficient (Wildman–Crippen LogP) is 5.03. The summed E-state index contributed by atoms with van der Waals surface area (Å²) >= 11 is 5.60. The molecule has 0 radical (unpaired) electrons. The number of hydrogen-bond donors (Lipinski definition) is 0. The van der Waals surface area contributed by atoms with Crippen LogP contribution in [0, 0.1) is 17.7 Å². The Labute approximate surface area is 118 Å². The number of halogens is 5. The van der Waals surface area contributed by atoms with Crippen LogP contribution < -0.4 is 0 Å². The molecule has 6 heteroatoms. The Balaban J connectivity index is 2.03. The first-order valence-electron chi connectivity index (χ1n) is 6.35. The van der Waals surface area contributed by atoms with Crippen LogP contribution in [0.5, 0.6) is 0 Å². The number of Topliss-reactive ketones (excluding diaryl/α,β-unsaturated/α-hetero) is 1. The molecule has 1 aliphatic carbocycles. The van der Waals surface area contributed by atoms with E-state index in [2.05, 4.69) is 0 Å². The summed E-state index contributed by atoms with van der Waals surface area (Å²) in [5, 5.41) is -0.153. The molecule has 0 unspecified atom stereocenters. The molecule has 2 rings (SSSR count). The lowest BCUT2D eigenvalue weighted by Gasteiger charge is -2.29. The van der Waals surface area contributed by atoms with Crippen LogP contribution in [0.3, 0.4) is 0 Å². The van der Waals surface area contributed by atoms with Gasteiger partial charge in [-0.15, -0.1) is 0 Å². The summed E-state index contributed by atoms with van der Waals surface area (Å²) in [7, 11) is 0. The molecule has 0 heterocycles. The van der Waals surface area contributed by atoms with Crippen LogP contribution in [-0.4, -0.2) is 12.0 Å². The molecule has 0 saturated heterocycles. The van der Waals surface area contributed by atoms with Gasteiger partial charge in [0.15, 0.2) is 5.78 Å². The van der Waals surface area contributed by atoms with E-state index in [4.69, 9.17) is 11.6 Å². The molecule has 0 N–H and O–H groups in total. The number of rotatable bonds is 2. The highest BCUT2D eigenvalue weighted by Crippen LogP contribution is 2.40. The van der Waals surface area contributed by atoms with Gasteiger partial charge in [0.2, 0.25) is 0 Å². The zero-order valence-corrected chi connectivity index (χ0v) is 11.3. The Kier molecular flexibility index (Phi) is 4.37. The zero-order valence-electron chi connectivity index (χ0n) is 10.5. The lowest BCUT2D eigenvalue weighted by atomic mass is 9.78. The van der Waals surface area contributed by atoms with Crippen LogP contribution in [0.2, 0.25) is 5.02 Å². The van der Waals surface area contributed by atoms with Gasteiger partial charge in [0.25, 0.3) is 0 Å². The molecule has 0 aliphatic heterocycles. The summed E-state index contributed by atoms with van der Waals surface area (Å²) in [4.78, 5) is 12.2. The minimum absolute atomic E-state index is 0.0329. The fourth-order valence-corrected chi connectivity index (χ4v) is 2.75. The number of carbonyl (C=O) groups excluding carboxylic acids is 1. The number of hydrogen-bond acceptors (Lipinski definition) is 1. The molecule has 20 heavy (non-hydrogen) atoms. The van der Waals surface area contributed by atoms with E-state index in [0.29, 0.717) is 0 Å². The standard InChI is InChI=1S/C14H13ClF4O/c15-11-7-9(3-6-12(11)16)13(20)8-1-4-10(5-2-8)14(17,18)19/h3,6-8,10H,1-2,4-5H2. The van der Waals surface area contributed by atoms with Gasteiger partial charge in [-0.2, -0.15) is 13.2 Å². The Morgan fingerprint density at radius 2 is 1.75 bits per heavy atom. The molecule has 1 fully saturated rings. The molecule has 110 valence electrons. The van der Waals surface area contributed by atoms with Gasteiger partial charge in [-0.05, 0) is 43.9 Å². The summed E-state index contributed by atoms with van der Waals surface area (Å²) in [6.45, 7) is 0. The van der Waals surface area contributed by atoms with E-state index in [9.17, 15) is 22.4 Å². The van der Waals surface area contributed by atoms with Gasteiger partial charge in [0.1, 0.15) is 5.82 Å². The third-order valence-corrected chi connectivity index (χ3v) is 4.05. The van der Waals surface area contributed by atoms with Crippen LogP contribution >= 0.6 is 11.6 Å². The van der Waals surface area contributed by atoms with E-state index >= 15 is 0 Å². The largest absolute Gasteiger partial charge is 0.391 e. The van der Waals surface area contributed by atoms with Crippen molar-refractivity contribution in [3.63, 3.8) is 0 Å². The Hall–Kier alpha value is -1.10. The van der Waals surface area contributed by atoms with Gasteiger partial charge in [0, 0.05) is 11.5 Å². The maximum absolute atomic E-state index is 13.0. The number of alkyl halides is 3. The van der Waals surface area contributed by atoms with Gasteiger partial charge in [-0.1, -0.05) is 11.6 Å². The lowest BCUT2D eigenvalue weighted by Crippen LogP contribution is -2.30. The summed E-state index contributed by atoms with van der Waals surface area (Å²) in [5.41, 5.74) is 0.256. The van der Waals surface area contributed by atoms with Gasteiger partial charge in [0.05, 0.1) is 10.9 Å². The molecule has 1 saturated carbocycles. The van der Waals surface area contributed by atoms with E-state index in [-0.39, 0.29) is 42.1 Å². The smallest absolute Gasteiger partial charge is 0.294 e. The van der Waals surface area contributed by atoms with Crippen LogP contribution in [-0.2, 0) is 0 Å². The predicted molar refractivity (Wildman–Crippen MR) is 67.2 cm³/mol. The first-order chi connectivity index (χ1) is 9.29. The summed E-state index contributed by atoms with van der Waals surface area (Å²) in [5.74, 6) is -2.63. The number of benzene rings is 1. The average Bonchev–Trinajstić information content (AvgIpc) is 2.40. The van der Waals surface area contributed by atoms with Crippen LogP contribution in [0.1, 0.15) is 36.0 Å². The van der Waals surface area contributed by atoms with Crippen molar-refractivity contribution in [1.29, 1.82) is 0 Å². The SMILES string of the molecule is O=C(c1ccc(F)c(Cl)c1)C1CCC(C(F)(F)F)CC1. The molecule has 1 nitrogen and oxygen atoms in total. The highest BCUT2D eigenvalue weighted by atomic mass is 35.5. The van der Waals surface area contributed by atoms with Gasteiger partial charge >= 0.3 is 6.18 Å². The fraction of sp³-hybridized carbons (Fsp3) is 0.500. The maximum Gasteiger partial charge on any atom is 0.391 e. The molecule has 0 bridgehead atoms. The Bertz CT molecular complexity index is 504. The van der Waals surface area contributed by atoms with Crippen LogP contribution in [0.4, 0.5) is 17.6 Å². The average molecular weight is 309 g/mol. The third kappa shape index (κ3) is 3.32. The van der Waals surface area contributed by atoms with E-state index in [0.717, 1.165) is 6.07 Å². The molecule has 0 spiro atoms. The Morgan fingerprint density at radius 1 is 1.15 bits per heavy atom. The second-order valence-corrected chi connectivity index (χ2v) is 5.49. The minimum Gasteiger partial charge on any atom is -0.294 e. The van der Waals surface area contributed by atoms with Crippen molar-refractivity contribution in [2.24, 2.45) is 11.8 Å².